The van der Waals surface area contributed by atoms with Crippen molar-refractivity contribution >= 4 is 37.5 Å². The van der Waals surface area contributed by atoms with Gasteiger partial charge in [0.05, 0.1) is 16.6 Å². The molecule has 3 aromatic carbocycles. The van der Waals surface area contributed by atoms with E-state index in [1.165, 1.54) is 22.0 Å². The van der Waals surface area contributed by atoms with Crippen molar-refractivity contribution in [1.82, 2.24) is 5.32 Å². The second-order valence-corrected chi connectivity index (χ2v) is 10.3. The molecule has 1 N–H and O–H groups in total. The minimum absolute atomic E-state index is 0.108. The number of rotatable bonds is 6. The Kier molecular flexibility index (Phi) is 6.43. The first-order chi connectivity index (χ1) is 14.9. The summed E-state index contributed by atoms with van der Waals surface area (Å²) in [6.45, 7) is -0.294. The Bertz CT molecular complexity index is 1160. The highest BCUT2D eigenvalue weighted by Gasteiger charge is 2.29. The van der Waals surface area contributed by atoms with E-state index < -0.39 is 10.0 Å². The summed E-state index contributed by atoms with van der Waals surface area (Å²) in [4.78, 5) is 13.2. The van der Waals surface area contributed by atoms with E-state index in [1.54, 1.807) is 42.5 Å². The number of aryl methyl sites for hydroxylation is 1. The Balaban J connectivity index is 1.61. The van der Waals surface area contributed by atoms with Crippen LogP contribution in [0, 0.1) is 0 Å². The fourth-order valence-corrected chi connectivity index (χ4v) is 5.62. The van der Waals surface area contributed by atoms with Crippen LogP contribution in [0.25, 0.3) is 0 Å². The van der Waals surface area contributed by atoms with Crippen LogP contribution in [0.15, 0.2) is 88.2 Å². The highest BCUT2D eigenvalue weighted by Crippen LogP contribution is 2.30. The molecule has 0 spiro atoms. The number of halogens is 1. The first-order valence-corrected chi connectivity index (χ1v) is 12.4. The first kappa shape index (κ1) is 21.6. The molecule has 0 saturated heterocycles. The number of nitrogens with zero attached hydrogens (tertiary/aromatic N) is 1. The predicted octanol–water partition coefficient (Wildman–Crippen LogP) is 4.84. The number of carbonyl (C=O) groups is 1. The smallest absolute Gasteiger partial charge is 0.264 e. The van der Waals surface area contributed by atoms with Crippen LogP contribution < -0.4 is 9.62 Å². The van der Waals surface area contributed by atoms with Gasteiger partial charge in [-0.25, -0.2) is 8.42 Å². The summed E-state index contributed by atoms with van der Waals surface area (Å²) in [6.07, 6.45) is 2.82. The number of benzene rings is 3. The second kappa shape index (κ2) is 9.24. The SMILES string of the molecule is O=C(CN(c1ccc(Br)cc1)S(=O)(=O)c1ccccc1)N[C@H]1CCCc2ccccc21. The largest absolute Gasteiger partial charge is 0.348 e. The van der Waals surface area contributed by atoms with E-state index in [1.807, 2.05) is 18.2 Å². The molecule has 0 fully saturated rings. The van der Waals surface area contributed by atoms with Crippen LogP contribution in [0.2, 0.25) is 0 Å². The molecule has 0 bridgehead atoms. The number of fused-ring (bicyclic) bond motifs is 1. The first-order valence-electron chi connectivity index (χ1n) is 10.2. The molecule has 4 rings (SSSR count). The lowest BCUT2D eigenvalue weighted by molar-refractivity contribution is -0.120. The van der Waals surface area contributed by atoms with Gasteiger partial charge in [-0.3, -0.25) is 9.10 Å². The van der Waals surface area contributed by atoms with Gasteiger partial charge in [0.15, 0.2) is 0 Å². The zero-order chi connectivity index (χ0) is 21.8. The van der Waals surface area contributed by atoms with E-state index >= 15 is 0 Å². The van der Waals surface area contributed by atoms with Gasteiger partial charge in [0.2, 0.25) is 5.91 Å². The summed E-state index contributed by atoms with van der Waals surface area (Å²) in [7, 11) is -3.91. The van der Waals surface area contributed by atoms with Gasteiger partial charge >= 0.3 is 0 Å². The van der Waals surface area contributed by atoms with Gasteiger partial charge in [-0.05, 0) is 66.8 Å². The van der Waals surface area contributed by atoms with Crippen LogP contribution in [0.1, 0.15) is 30.0 Å². The predicted molar refractivity (Wildman–Crippen MR) is 125 cm³/mol. The van der Waals surface area contributed by atoms with Crippen LogP contribution in [0.3, 0.4) is 0 Å². The normalized spacial score (nSPS) is 15.7. The fourth-order valence-electron chi connectivity index (χ4n) is 3.92. The van der Waals surface area contributed by atoms with Crippen LogP contribution in [0.5, 0.6) is 0 Å². The third-order valence-electron chi connectivity index (χ3n) is 5.44. The lowest BCUT2D eigenvalue weighted by Crippen LogP contribution is -2.42. The molecule has 7 heteroatoms. The zero-order valence-electron chi connectivity index (χ0n) is 16.9. The van der Waals surface area contributed by atoms with Gasteiger partial charge < -0.3 is 5.32 Å². The monoisotopic (exact) mass is 498 g/mol. The summed E-state index contributed by atoms with van der Waals surface area (Å²) in [5.74, 6) is -0.330. The zero-order valence-corrected chi connectivity index (χ0v) is 19.3. The number of amides is 1. The van der Waals surface area contributed by atoms with E-state index in [9.17, 15) is 13.2 Å². The average molecular weight is 499 g/mol. The highest BCUT2D eigenvalue weighted by molar-refractivity contribution is 9.10. The van der Waals surface area contributed by atoms with Crippen LogP contribution in [-0.4, -0.2) is 20.9 Å². The Morgan fingerprint density at radius 3 is 2.39 bits per heavy atom. The molecule has 5 nitrogen and oxygen atoms in total. The minimum Gasteiger partial charge on any atom is -0.348 e. The maximum atomic E-state index is 13.4. The average Bonchev–Trinajstić information content (AvgIpc) is 2.79. The molecular formula is C24H23BrN2O3S. The van der Waals surface area contributed by atoms with Gasteiger partial charge in [0.1, 0.15) is 6.54 Å². The number of hydrogen-bond acceptors (Lipinski definition) is 3. The van der Waals surface area contributed by atoms with Crippen molar-refractivity contribution in [2.24, 2.45) is 0 Å². The molecule has 0 aromatic heterocycles. The highest BCUT2D eigenvalue weighted by atomic mass is 79.9. The molecule has 0 saturated carbocycles. The standard InChI is InChI=1S/C24H23BrN2O3S/c25-19-13-15-20(16-14-19)27(31(29,30)21-9-2-1-3-10-21)17-24(28)26-23-12-6-8-18-7-4-5-11-22(18)23/h1-5,7,9-11,13-16,23H,6,8,12,17H2,(H,26,28)/t23-/m0/s1. The molecule has 160 valence electrons. The molecule has 1 aliphatic carbocycles. The van der Waals surface area contributed by atoms with Gasteiger partial charge in [0.25, 0.3) is 10.0 Å². The van der Waals surface area contributed by atoms with Crippen molar-refractivity contribution in [3.63, 3.8) is 0 Å². The molecule has 0 aliphatic heterocycles. The second-order valence-electron chi connectivity index (χ2n) is 7.51. The Hall–Kier alpha value is -2.64. The van der Waals surface area contributed by atoms with Crippen molar-refractivity contribution in [3.8, 4) is 0 Å². The molecule has 1 atom stereocenters. The van der Waals surface area contributed by atoms with Crippen LogP contribution >= 0.6 is 15.9 Å². The van der Waals surface area contributed by atoms with Gasteiger partial charge in [-0.2, -0.15) is 0 Å². The lowest BCUT2D eigenvalue weighted by atomic mass is 9.88. The molecule has 0 radical (unpaired) electrons. The summed E-state index contributed by atoms with van der Waals surface area (Å²) in [6, 6.07) is 23.1. The van der Waals surface area contributed by atoms with Crippen LogP contribution in [0.4, 0.5) is 5.69 Å². The topological polar surface area (TPSA) is 66.5 Å². The molecule has 31 heavy (non-hydrogen) atoms. The molecule has 0 heterocycles. The van der Waals surface area contributed by atoms with E-state index in [4.69, 9.17) is 0 Å². The number of carbonyl (C=O) groups excluding carboxylic acids is 1. The third kappa shape index (κ3) is 4.83. The van der Waals surface area contributed by atoms with Gasteiger partial charge in [0, 0.05) is 4.47 Å². The number of hydrogen-bond donors (Lipinski definition) is 1. The molecule has 1 aliphatic rings. The fraction of sp³-hybridized carbons (Fsp3) is 0.208. The minimum atomic E-state index is -3.91. The Morgan fingerprint density at radius 1 is 0.968 bits per heavy atom. The molecular weight excluding hydrogens is 476 g/mol. The van der Waals surface area contributed by atoms with Crippen molar-refractivity contribution in [2.75, 3.05) is 10.8 Å². The molecule has 1 amide bonds. The number of anilines is 1. The van der Waals surface area contributed by atoms with Crippen molar-refractivity contribution < 1.29 is 13.2 Å². The van der Waals surface area contributed by atoms with E-state index in [-0.39, 0.29) is 23.4 Å². The summed E-state index contributed by atoms with van der Waals surface area (Å²) in [5, 5.41) is 3.06. The van der Waals surface area contributed by atoms with Crippen molar-refractivity contribution in [2.45, 2.75) is 30.2 Å². The summed E-state index contributed by atoms with van der Waals surface area (Å²) >= 11 is 3.37. The van der Waals surface area contributed by atoms with E-state index in [0.29, 0.717) is 5.69 Å². The van der Waals surface area contributed by atoms with Crippen molar-refractivity contribution in [1.29, 1.82) is 0 Å². The summed E-state index contributed by atoms with van der Waals surface area (Å²) in [5.41, 5.74) is 2.79. The van der Waals surface area contributed by atoms with E-state index in [2.05, 4.69) is 27.3 Å². The maximum Gasteiger partial charge on any atom is 0.264 e. The molecule has 0 unspecified atom stereocenters. The lowest BCUT2D eigenvalue weighted by Gasteiger charge is -2.28. The van der Waals surface area contributed by atoms with Crippen LogP contribution in [-0.2, 0) is 21.2 Å². The molecule has 3 aromatic rings. The summed E-state index contributed by atoms with van der Waals surface area (Å²) < 4.78 is 28.8. The quantitative estimate of drug-likeness (QED) is 0.528. The van der Waals surface area contributed by atoms with E-state index in [0.717, 1.165) is 29.3 Å². The third-order valence-corrected chi connectivity index (χ3v) is 7.75. The van der Waals surface area contributed by atoms with Gasteiger partial charge in [-0.15, -0.1) is 0 Å². The number of nitrogens with one attached hydrogen (secondary N) is 1. The number of sulfonamides is 1. The van der Waals surface area contributed by atoms with Gasteiger partial charge in [-0.1, -0.05) is 58.4 Å². The Morgan fingerprint density at radius 2 is 1.65 bits per heavy atom. The Labute approximate surface area is 191 Å². The van der Waals surface area contributed by atoms with Crippen molar-refractivity contribution in [3.05, 3.63) is 94.5 Å². The maximum absolute atomic E-state index is 13.4.